The van der Waals surface area contributed by atoms with E-state index in [1.54, 1.807) is 0 Å². The van der Waals surface area contributed by atoms with E-state index >= 15 is 0 Å². The van der Waals surface area contributed by atoms with Gasteiger partial charge in [0.2, 0.25) is 5.91 Å². The van der Waals surface area contributed by atoms with Crippen molar-refractivity contribution in [2.75, 3.05) is 5.32 Å². The Balaban J connectivity index is 2.04. The molecule has 2 aromatic carbocycles. The van der Waals surface area contributed by atoms with Gasteiger partial charge in [0.25, 0.3) is 0 Å². The molecule has 0 saturated heterocycles. The molecule has 0 fully saturated rings. The van der Waals surface area contributed by atoms with E-state index in [0.717, 1.165) is 17.2 Å². The minimum Gasteiger partial charge on any atom is -0.379 e. The summed E-state index contributed by atoms with van der Waals surface area (Å²) < 4.78 is 13.7. The molecule has 5 heteroatoms. The highest BCUT2D eigenvalue weighted by atomic mass is 19.1. The molecule has 0 saturated carbocycles. The van der Waals surface area contributed by atoms with Crippen molar-refractivity contribution in [1.82, 2.24) is 0 Å². The first-order chi connectivity index (χ1) is 9.60. The number of hydrogen-bond donors (Lipinski definition) is 3. The first kappa shape index (κ1) is 14.0. The predicted molar refractivity (Wildman–Crippen MR) is 76.6 cm³/mol. The van der Waals surface area contributed by atoms with Crippen LogP contribution in [-0.2, 0) is 13.1 Å². The number of primary amides is 1. The minimum atomic E-state index is -0.646. The Morgan fingerprint density at radius 1 is 1.10 bits per heavy atom. The quantitative estimate of drug-likeness (QED) is 0.779. The van der Waals surface area contributed by atoms with E-state index in [2.05, 4.69) is 5.32 Å². The van der Waals surface area contributed by atoms with Crippen molar-refractivity contribution in [2.24, 2.45) is 11.5 Å². The molecule has 0 radical (unpaired) electrons. The normalized spacial score (nSPS) is 10.3. The fourth-order valence-corrected chi connectivity index (χ4v) is 1.80. The molecule has 0 aliphatic carbocycles. The Morgan fingerprint density at radius 2 is 1.75 bits per heavy atom. The number of carbonyl (C=O) groups excluding carboxylic acids is 1. The molecule has 20 heavy (non-hydrogen) atoms. The topological polar surface area (TPSA) is 81.1 Å². The van der Waals surface area contributed by atoms with Crippen LogP contribution in [0.15, 0.2) is 42.5 Å². The SMILES string of the molecule is NCc1ccc(CNc2ccc(C(N)=O)cc2F)cc1. The zero-order valence-electron chi connectivity index (χ0n) is 10.9. The van der Waals surface area contributed by atoms with E-state index in [9.17, 15) is 9.18 Å². The Kier molecular flexibility index (Phi) is 4.32. The van der Waals surface area contributed by atoms with Crippen LogP contribution in [0.4, 0.5) is 10.1 Å². The summed E-state index contributed by atoms with van der Waals surface area (Å²) in [6.45, 7) is 0.981. The first-order valence-corrected chi connectivity index (χ1v) is 6.21. The maximum absolute atomic E-state index is 13.7. The van der Waals surface area contributed by atoms with E-state index in [1.807, 2.05) is 24.3 Å². The van der Waals surface area contributed by atoms with Gasteiger partial charge in [0.05, 0.1) is 5.69 Å². The second-order valence-corrected chi connectivity index (χ2v) is 4.43. The van der Waals surface area contributed by atoms with Gasteiger partial charge in [-0.1, -0.05) is 24.3 Å². The highest BCUT2D eigenvalue weighted by Crippen LogP contribution is 2.16. The van der Waals surface area contributed by atoms with Crippen LogP contribution in [0.5, 0.6) is 0 Å². The lowest BCUT2D eigenvalue weighted by molar-refractivity contribution is 0.1000. The summed E-state index contributed by atoms with van der Waals surface area (Å²) in [5.41, 5.74) is 13.2. The van der Waals surface area contributed by atoms with Crippen molar-refractivity contribution in [3.05, 3.63) is 65.0 Å². The number of anilines is 1. The van der Waals surface area contributed by atoms with Gasteiger partial charge >= 0.3 is 0 Å². The zero-order chi connectivity index (χ0) is 14.5. The molecule has 0 spiro atoms. The van der Waals surface area contributed by atoms with Gasteiger partial charge in [-0.05, 0) is 29.3 Å². The van der Waals surface area contributed by atoms with Crippen LogP contribution in [-0.4, -0.2) is 5.91 Å². The van der Waals surface area contributed by atoms with E-state index in [0.29, 0.717) is 18.8 Å². The largest absolute Gasteiger partial charge is 0.379 e. The molecule has 0 aromatic heterocycles. The number of nitrogens with one attached hydrogen (secondary N) is 1. The standard InChI is InChI=1S/C15H16FN3O/c16-13-7-12(15(18)20)5-6-14(13)19-9-11-3-1-10(8-17)2-4-11/h1-7,19H,8-9,17H2,(H2,18,20). The van der Waals surface area contributed by atoms with Gasteiger partial charge in [0, 0.05) is 18.7 Å². The van der Waals surface area contributed by atoms with Crippen molar-refractivity contribution in [3.8, 4) is 0 Å². The number of benzene rings is 2. The van der Waals surface area contributed by atoms with Crippen molar-refractivity contribution in [2.45, 2.75) is 13.1 Å². The van der Waals surface area contributed by atoms with Crippen molar-refractivity contribution in [1.29, 1.82) is 0 Å². The minimum absolute atomic E-state index is 0.153. The van der Waals surface area contributed by atoms with Gasteiger partial charge in [0.1, 0.15) is 5.82 Å². The lowest BCUT2D eigenvalue weighted by Crippen LogP contribution is -2.11. The molecule has 1 amide bonds. The lowest BCUT2D eigenvalue weighted by Gasteiger charge is -2.09. The maximum atomic E-state index is 13.7. The summed E-state index contributed by atoms with van der Waals surface area (Å²) in [6.07, 6.45) is 0. The summed E-state index contributed by atoms with van der Waals surface area (Å²) in [6, 6.07) is 11.9. The van der Waals surface area contributed by atoms with Crippen molar-refractivity contribution < 1.29 is 9.18 Å². The van der Waals surface area contributed by atoms with Crippen LogP contribution in [0.3, 0.4) is 0 Å². The van der Waals surface area contributed by atoms with Crippen LogP contribution < -0.4 is 16.8 Å². The fourth-order valence-electron chi connectivity index (χ4n) is 1.80. The molecule has 0 unspecified atom stereocenters. The third-order valence-electron chi connectivity index (χ3n) is 3.00. The number of halogens is 1. The molecule has 2 rings (SSSR count). The van der Waals surface area contributed by atoms with Crippen LogP contribution in [0.25, 0.3) is 0 Å². The van der Waals surface area contributed by atoms with E-state index in [1.165, 1.54) is 12.1 Å². The molecule has 4 nitrogen and oxygen atoms in total. The third-order valence-corrected chi connectivity index (χ3v) is 3.00. The summed E-state index contributed by atoms with van der Waals surface area (Å²) in [4.78, 5) is 10.9. The van der Waals surface area contributed by atoms with Gasteiger partial charge in [-0.3, -0.25) is 4.79 Å². The predicted octanol–water partition coefficient (Wildman–Crippen LogP) is 2.00. The summed E-state index contributed by atoms with van der Waals surface area (Å²) in [5.74, 6) is -1.15. The number of carbonyl (C=O) groups is 1. The Hall–Kier alpha value is -2.40. The van der Waals surface area contributed by atoms with Crippen molar-refractivity contribution >= 4 is 11.6 Å². The second-order valence-electron chi connectivity index (χ2n) is 4.43. The van der Waals surface area contributed by atoms with Crippen LogP contribution in [0.1, 0.15) is 21.5 Å². The van der Waals surface area contributed by atoms with Gasteiger partial charge in [-0.25, -0.2) is 4.39 Å². The molecule has 0 bridgehead atoms. The molecule has 0 aliphatic heterocycles. The zero-order valence-corrected chi connectivity index (χ0v) is 10.9. The van der Waals surface area contributed by atoms with Crippen LogP contribution in [0, 0.1) is 5.82 Å². The van der Waals surface area contributed by atoms with Crippen LogP contribution in [0.2, 0.25) is 0 Å². The number of nitrogens with two attached hydrogens (primary N) is 2. The van der Waals surface area contributed by atoms with E-state index in [4.69, 9.17) is 11.5 Å². The molecule has 2 aromatic rings. The average molecular weight is 273 g/mol. The maximum Gasteiger partial charge on any atom is 0.248 e. The summed E-state index contributed by atoms with van der Waals surface area (Å²) in [5, 5.41) is 2.97. The van der Waals surface area contributed by atoms with Gasteiger partial charge < -0.3 is 16.8 Å². The fraction of sp³-hybridized carbons (Fsp3) is 0.133. The van der Waals surface area contributed by atoms with Gasteiger partial charge in [0.15, 0.2) is 0 Å². The second kappa shape index (κ2) is 6.16. The average Bonchev–Trinajstić information content (AvgIpc) is 2.46. The smallest absolute Gasteiger partial charge is 0.248 e. The molecular formula is C15H16FN3O. The lowest BCUT2D eigenvalue weighted by atomic mass is 10.1. The highest BCUT2D eigenvalue weighted by molar-refractivity contribution is 5.93. The monoisotopic (exact) mass is 273 g/mol. The highest BCUT2D eigenvalue weighted by Gasteiger charge is 2.06. The number of hydrogen-bond acceptors (Lipinski definition) is 3. The van der Waals surface area contributed by atoms with E-state index in [-0.39, 0.29) is 5.56 Å². The van der Waals surface area contributed by atoms with E-state index < -0.39 is 11.7 Å². The molecule has 0 heterocycles. The molecule has 104 valence electrons. The summed E-state index contributed by atoms with van der Waals surface area (Å²) in [7, 11) is 0. The van der Waals surface area contributed by atoms with Gasteiger partial charge in [-0.2, -0.15) is 0 Å². The Bertz CT molecular complexity index is 611. The molecule has 5 N–H and O–H groups in total. The Labute approximate surface area is 116 Å². The molecule has 0 atom stereocenters. The third kappa shape index (κ3) is 3.33. The van der Waals surface area contributed by atoms with Gasteiger partial charge in [-0.15, -0.1) is 0 Å². The van der Waals surface area contributed by atoms with Crippen LogP contribution >= 0.6 is 0 Å². The molecule has 0 aliphatic rings. The summed E-state index contributed by atoms with van der Waals surface area (Å²) >= 11 is 0. The Morgan fingerprint density at radius 3 is 2.30 bits per heavy atom. The first-order valence-electron chi connectivity index (χ1n) is 6.21. The molecular weight excluding hydrogens is 257 g/mol. The van der Waals surface area contributed by atoms with Crippen molar-refractivity contribution in [3.63, 3.8) is 0 Å². The number of rotatable bonds is 5. The number of amides is 1.